The van der Waals surface area contributed by atoms with Gasteiger partial charge in [-0.05, 0) is 51.0 Å². The van der Waals surface area contributed by atoms with E-state index in [1.807, 2.05) is 20.8 Å². The van der Waals surface area contributed by atoms with Crippen molar-refractivity contribution in [1.29, 1.82) is 0 Å². The van der Waals surface area contributed by atoms with E-state index in [2.05, 4.69) is 24.5 Å². The summed E-state index contributed by atoms with van der Waals surface area (Å²) >= 11 is 0. The van der Waals surface area contributed by atoms with Crippen LogP contribution in [0.1, 0.15) is 51.4 Å². The summed E-state index contributed by atoms with van der Waals surface area (Å²) in [5.74, 6) is -0.219. The Kier molecular flexibility index (Phi) is 6.05. The first-order chi connectivity index (χ1) is 12.0. The Morgan fingerprint density at radius 2 is 1.81 bits per heavy atom. The van der Waals surface area contributed by atoms with Gasteiger partial charge in [0.2, 0.25) is 11.8 Å². The number of likely N-dealkylation sites (tertiary alicyclic amines) is 1. The summed E-state index contributed by atoms with van der Waals surface area (Å²) in [6.45, 7) is 11.0. The lowest BCUT2D eigenvalue weighted by Gasteiger charge is -2.20. The topological polar surface area (TPSA) is 78.5 Å². The molecule has 3 amide bonds. The highest BCUT2D eigenvalue weighted by Crippen LogP contribution is 2.21. The molecule has 0 aliphatic carbocycles. The quantitative estimate of drug-likeness (QED) is 0.848. The van der Waals surface area contributed by atoms with Gasteiger partial charge in [0.25, 0.3) is 5.91 Å². The molecule has 0 radical (unpaired) electrons. The molecule has 1 aliphatic heterocycles. The van der Waals surface area contributed by atoms with E-state index in [-0.39, 0.29) is 35.6 Å². The molecule has 0 saturated carbocycles. The fraction of sp³-hybridized carbons (Fsp3) is 0.550. The Hall–Kier alpha value is -2.37. The maximum absolute atomic E-state index is 12.4. The second-order valence-electron chi connectivity index (χ2n) is 8.36. The largest absolute Gasteiger partial charge is 0.347 e. The molecule has 1 heterocycles. The molecule has 6 nitrogen and oxygen atoms in total. The van der Waals surface area contributed by atoms with Crippen LogP contribution in [0.25, 0.3) is 0 Å². The number of nitrogens with zero attached hydrogens (tertiary/aromatic N) is 1. The second-order valence-corrected chi connectivity index (χ2v) is 8.36. The number of rotatable bonds is 5. The van der Waals surface area contributed by atoms with E-state index in [0.717, 1.165) is 0 Å². The fourth-order valence-electron chi connectivity index (χ4n) is 2.93. The predicted molar refractivity (Wildman–Crippen MR) is 102 cm³/mol. The van der Waals surface area contributed by atoms with Crippen LogP contribution in [0.5, 0.6) is 0 Å². The van der Waals surface area contributed by atoms with Gasteiger partial charge in [-0.25, -0.2) is 0 Å². The summed E-state index contributed by atoms with van der Waals surface area (Å²) in [6, 6.07) is 6.78. The Morgan fingerprint density at radius 3 is 2.35 bits per heavy atom. The molecule has 1 aromatic rings. The highest BCUT2D eigenvalue weighted by Gasteiger charge is 2.34. The van der Waals surface area contributed by atoms with Crippen LogP contribution in [0.15, 0.2) is 24.3 Å². The van der Waals surface area contributed by atoms with E-state index < -0.39 is 0 Å². The van der Waals surface area contributed by atoms with Crippen molar-refractivity contribution in [2.75, 3.05) is 18.4 Å². The summed E-state index contributed by atoms with van der Waals surface area (Å²) in [4.78, 5) is 38.3. The Balaban J connectivity index is 1.94. The van der Waals surface area contributed by atoms with Crippen molar-refractivity contribution in [3.63, 3.8) is 0 Å². The van der Waals surface area contributed by atoms with Crippen molar-refractivity contribution in [3.8, 4) is 0 Å². The van der Waals surface area contributed by atoms with Crippen LogP contribution < -0.4 is 10.6 Å². The average Bonchev–Trinajstić information content (AvgIpc) is 2.86. The molecular weight excluding hydrogens is 330 g/mol. The Labute approximate surface area is 155 Å². The third-order valence-electron chi connectivity index (χ3n) is 4.07. The van der Waals surface area contributed by atoms with Crippen molar-refractivity contribution in [1.82, 2.24) is 10.2 Å². The number of carbonyl (C=O) groups is 3. The molecule has 1 fully saturated rings. The fourth-order valence-corrected chi connectivity index (χ4v) is 2.93. The lowest BCUT2D eigenvalue weighted by atomic mass is 10.1. The van der Waals surface area contributed by atoms with Crippen molar-refractivity contribution in [3.05, 3.63) is 29.8 Å². The molecule has 6 heteroatoms. The zero-order valence-corrected chi connectivity index (χ0v) is 16.3. The second kappa shape index (κ2) is 7.89. The molecular formula is C20H29N3O3. The summed E-state index contributed by atoms with van der Waals surface area (Å²) in [5.41, 5.74) is 0.857. The van der Waals surface area contributed by atoms with E-state index in [1.54, 1.807) is 29.2 Å². The summed E-state index contributed by atoms with van der Waals surface area (Å²) in [5, 5.41) is 5.74. The van der Waals surface area contributed by atoms with Crippen LogP contribution in [0.3, 0.4) is 0 Å². The van der Waals surface area contributed by atoms with Gasteiger partial charge < -0.3 is 15.5 Å². The maximum atomic E-state index is 12.4. The molecule has 0 aromatic heterocycles. The molecule has 1 unspecified atom stereocenters. The first-order valence-electron chi connectivity index (χ1n) is 9.06. The number of hydrogen-bond acceptors (Lipinski definition) is 3. The van der Waals surface area contributed by atoms with Gasteiger partial charge in [0, 0.05) is 36.3 Å². The maximum Gasteiger partial charge on any atom is 0.251 e. The van der Waals surface area contributed by atoms with Crippen LogP contribution in [0.4, 0.5) is 5.69 Å². The SMILES string of the molecule is CC(C)CN1CC(C(=O)Nc2ccc(C(=O)NC(C)(C)C)cc2)CC1=O. The lowest BCUT2D eigenvalue weighted by molar-refractivity contribution is -0.128. The standard InChI is InChI=1S/C20H29N3O3/c1-13(2)11-23-12-15(10-17(23)24)18(25)21-16-8-6-14(7-9-16)19(26)22-20(3,4)5/h6-9,13,15H,10-12H2,1-5H3,(H,21,25)(H,22,26). The highest BCUT2D eigenvalue weighted by atomic mass is 16.2. The van der Waals surface area contributed by atoms with Crippen molar-refractivity contribution < 1.29 is 14.4 Å². The molecule has 0 spiro atoms. The van der Waals surface area contributed by atoms with Gasteiger partial charge in [-0.15, -0.1) is 0 Å². The van der Waals surface area contributed by atoms with Crippen LogP contribution in [-0.2, 0) is 9.59 Å². The number of benzene rings is 1. The minimum Gasteiger partial charge on any atom is -0.347 e. The summed E-state index contributed by atoms with van der Waals surface area (Å²) in [6.07, 6.45) is 0.255. The van der Waals surface area contributed by atoms with E-state index in [1.165, 1.54) is 0 Å². The van der Waals surface area contributed by atoms with Crippen molar-refractivity contribution >= 4 is 23.4 Å². The van der Waals surface area contributed by atoms with Gasteiger partial charge in [-0.3, -0.25) is 14.4 Å². The molecule has 142 valence electrons. The van der Waals surface area contributed by atoms with E-state index in [4.69, 9.17) is 0 Å². The monoisotopic (exact) mass is 359 g/mol. The highest BCUT2D eigenvalue weighted by molar-refractivity contribution is 5.98. The molecule has 26 heavy (non-hydrogen) atoms. The summed E-state index contributed by atoms with van der Waals surface area (Å²) in [7, 11) is 0. The number of carbonyl (C=O) groups excluding carboxylic acids is 3. The smallest absolute Gasteiger partial charge is 0.251 e. The normalized spacial score (nSPS) is 17.5. The number of amides is 3. The van der Waals surface area contributed by atoms with Crippen LogP contribution in [0, 0.1) is 11.8 Å². The van der Waals surface area contributed by atoms with Gasteiger partial charge in [-0.1, -0.05) is 13.8 Å². The zero-order chi connectivity index (χ0) is 19.5. The number of nitrogens with one attached hydrogen (secondary N) is 2. The first kappa shape index (κ1) is 19.9. The first-order valence-corrected chi connectivity index (χ1v) is 9.06. The van der Waals surface area contributed by atoms with Crippen LogP contribution in [-0.4, -0.2) is 41.2 Å². The van der Waals surface area contributed by atoms with Gasteiger partial charge in [0.15, 0.2) is 0 Å². The van der Waals surface area contributed by atoms with E-state index >= 15 is 0 Å². The van der Waals surface area contributed by atoms with E-state index in [0.29, 0.717) is 30.3 Å². The van der Waals surface area contributed by atoms with E-state index in [9.17, 15) is 14.4 Å². The molecule has 1 saturated heterocycles. The zero-order valence-electron chi connectivity index (χ0n) is 16.3. The number of hydrogen-bond donors (Lipinski definition) is 2. The molecule has 1 aliphatic rings. The van der Waals surface area contributed by atoms with Crippen molar-refractivity contribution in [2.24, 2.45) is 11.8 Å². The van der Waals surface area contributed by atoms with Crippen molar-refractivity contribution in [2.45, 2.75) is 46.6 Å². The minimum atomic E-state index is -0.329. The average molecular weight is 359 g/mol. The van der Waals surface area contributed by atoms with Crippen LogP contribution in [0.2, 0.25) is 0 Å². The third-order valence-corrected chi connectivity index (χ3v) is 4.07. The van der Waals surface area contributed by atoms with Gasteiger partial charge in [0.1, 0.15) is 0 Å². The molecule has 2 rings (SSSR count). The lowest BCUT2D eigenvalue weighted by Crippen LogP contribution is -2.40. The third kappa shape index (κ3) is 5.58. The minimum absolute atomic E-state index is 0.0352. The molecule has 2 N–H and O–H groups in total. The Bertz CT molecular complexity index is 675. The molecule has 0 bridgehead atoms. The molecule has 1 atom stereocenters. The van der Waals surface area contributed by atoms with Gasteiger partial charge in [-0.2, -0.15) is 0 Å². The van der Waals surface area contributed by atoms with Gasteiger partial charge >= 0.3 is 0 Å². The van der Waals surface area contributed by atoms with Crippen LogP contribution >= 0.6 is 0 Å². The summed E-state index contributed by atoms with van der Waals surface area (Å²) < 4.78 is 0. The number of anilines is 1. The van der Waals surface area contributed by atoms with Gasteiger partial charge in [0.05, 0.1) is 5.92 Å². The molecule has 1 aromatic carbocycles. The Morgan fingerprint density at radius 1 is 1.19 bits per heavy atom. The predicted octanol–water partition coefficient (Wildman–Crippen LogP) is 2.66.